The minimum Gasteiger partial charge on any atom is -0.508 e. The first-order chi connectivity index (χ1) is 17.7. The van der Waals surface area contributed by atoms with Crippen molar-refractivity contribution in [1.82, 2.24) is 5.32 Å². The molecule has 4 aliphatic carbocycles. The molecule has 0 bridgehead atoms. The van der Waals surface area contributed by atoms with Crippen molar-refractivity contribution in [3.05, 3.63) is 41.5 Å². The zero-order valence-corrected chi connectivity index (χ0v) is 22.3. The number of fused-ring (bicyclic) bond motifs is 5. The number of ether oxygens (including phenoxy) is 1. The van der Waals surface area contributed by atoms with E-state index in [1.165, 1.54) is 5.57 Å². The molecule has 4 unspecified atom stereocenters. The van der Waals surface area contributed by atoms with E-state index in [0.29, 0.717) is 42.9 Å². The number of esters is 1. The predicted octanol–water partition coefficient (Wildman–Crippen LogP) is 5.27. The Bertz CT molecular complexity index is 1080. The number of hydrogen-bond donors (Lipinski definition) is 2. The number of amides is 1. The second-order valence-corrected chi connectivity index (χ2v) is 12.3. The summed E-state index contributed by atoms with van der Waals surface area (Å²) in [6.07, 6.45) is 10.8. The average molecular weight is 508 g/mol. The van der Waals surface area contributed by atoms with E-state index in [9.17, 15) is 19.5 Å². The van der Waals surface area contributed by atoms with Crippen molar-refractivity contribution in [3.63, 3.8) is 0 Å². The first-order valence-electron chi connectivity index (χ1n) is 14.2. The smallest absolute Gasteiger partial charge is 0.306 e. The van der Waals surface area contributed by atoms with Crippen LogP contribution in [0.5, 0.6) is 5.75 Å². The van der Waals surface area contributed by atoms with Gasteiger partial charge in [0.1, 0.15) is 11.9 Å². The number of phenols is 1. The summed E-state index contributed by atoms with van der Waals surface area (Å²) in [4.78, 5) is 37.1. The van der Waals surface area contributed by atoms with Crippen LogP contribution in [0.3, 0.4) is 0 Å². The van der Waals surface area contributed by atoms with E-state index in [1.54, 1.807) is 12.1 Å². The second kappa shape index (κ2) is 10.3. The summed E-state index contributed by atoms with van der Waals surface area (Å²) in [6, 6.07) is 6.94. The van der Waals surface area contributed by atoms with Gasteiger partial charge < -0.3 is 15.2 Å². The fourth-order valence-electron chi connectivity index (χ4n) is 8.24. The summed E-state index contributed by atoms with van der Waals surface area (Å²) >= 11 is 0. The van der Waals surface area contributed by atoms with E-state index in [2.05, 4.69) is 19.2 Å². The van der Waals surface area contributed by atoms with Gasteiger partial charge in [-0.05, 0) is 98.3 Å². The molecular formula is C31H41NO5. The highest BCUT2D eigenvalue weighted by molar-refractivity contribution is 5.91. The van der Waals surface area contributed by atoms with Gasteiger partial charge in [0.15, 0.2) is 5.78 Å². The molecule has 37 heavy (non-hydrogen) atoms. The lowest BCUT2D eigenvalue weighted by molar-refractivity contribution is -0.160. The van der Waals surface area contributed by atoms with E-state index in [1.807, 2.05) is 18.2 Å². The summed E-state index contributed by atoms with van der Waals surface area (Å²) < 4.78 is 6.05. The molecule has 0 saturated heterocycles. The number of allylic oxidation sites excluding steroid dienone is 1. The normalized spacial score (nSPS) is 34.5. The van der Waals surface area contributed by atoms with Crippen LogP contribution in [0.15, 0.2) is 35.9 Å². The Hall–Kier alpha value is -2.63. The summed E-state index contributed by atoms with van der Waals surface area (Å²) in [6.45, 7) is 5.22. The van der Waals surface area contributed by atoms with Crippen LogP contribution in [0.2, 0.25) is 0 Å². The number of phenolic OH excluding ortho intramolecular Hbond substituents is 1. The first-order valence-corrected chi connectivity index (χ1v) is 14.2. The third-order valence-electron chi connectivity index (χ3n) is 10.4. The molecule has 1 amide bonds. The summed E-state index contributed by atoms with van der Waals surface area (Å²) in [7, 11) is 0. The van der Waals surface area contributed by atoms with Crippen LogP contribution in [0, 0.1) is 28.6 Å². The Morgan fingerprint density at radius 3 is 2.57 bits per heavy atom. The maximum absolute atomic E-state index is 12.7. The monoisotopic (exact) mass is 507 g/mol. The standard InChI is InChI=1S/C31H41NO5/c1-30-16-13-23(34)19-21(30)5-8-24-25-9-10-27(31(25,2)17-14-26(24)30)37-29(36)12-11-28(35)32-18-15-20-3-6-22(33)7-4-20/h3-4,6-7,19,24-27,33H,5,8-18H2,1-2H3,(H,32,35)/t24?,25?,26?,27?,30-,31+/m1/s1. The fraction of sp³-hybridized carbons (Fsp3) is 0.645. The SMILES string of the molecule is C[C@]12CCC3C(CCC4=CC(=O)CC[C@]43C)C1CCC2OC(=O)CCC(=O)NCCc1ccc(O)cc1. The van der Waals surface area contributed by atoms with Gasteiger partial charge in [-0.25, -0.2) is 0 Å². The van der Waals surface area contributed by atoms with Gasteiger partial charge in [0.25, 0.3) is 0 Å². The largest absolute Gasteiger partial charge is 0.508 e. The van der Waals surface area contributed by atoms with Crippen molar-refractivity contribution in [2.75, 3.05) is 6.54 Å². The molecule has 0 aliphatic heterocycles. The van der Waals surface area contributed by atoms with Gasteiger partial charge in [0, 0.05) is 24.8 Å². The van der Waals surface area contributed by atoms with Crippen LogP contribution in [0.25, 0.3) is 0 Å². The van der Waals surface area contributed by atoms with Gasteiger partial charge in [-0.15, -0.1) is 0 Å². The molecule has 3 fully saturated rings. The van der Waals surface area contributed by atoms with Crippen molar-refractivity contribution in [1.29, 1.82) is 0 Å². The van der Waals surface area contributed by atoms with Crippen molar-refractivity contribution in [3.8, 4) is 5.75 Å². The molecule has 6 nitrogen and oxygen atoms in total. The molecule has 0 aromatic heterocycles. The Balaban J connectivity index is 1.11. The summed E-state index contributed by atoms with van der Waals surface area (Å²) in [5.74, 6) is 1.93. The average Bonchev–Trinajstić information content (AvgIpc) is 3.20. The highest BCUT2D eigenvalue weighted by Gasteiger charge is 2.59. The van der Waals surface area contributed by atoms with Crippen LogP contribution in [-0.4, -0.2) is 35.4 Å². The molecule has 4 aliphatic rings. The second-order valence-electron chi connectivity index (χ2n) is 12.3. The fourth-order valence-corrected chi connectivity index (χ4v) is 8.24. The third-order valence-corrected chi connectivity index (χ3v) is 10.4. The van der Waals surface area contributed by atoms with Crippen molar-refractivity contribution in [2.24, 2.45) is 28.6 Å². The Kier molecular flexibility index (Phi) is 7.21. The number of carbonyl (C=O) groups is 3. The maximum Gasteiger partial charge on any atom is 0.306 e. The molecule has 0 heterocycles. The van der Waals surface area contributed by atoms with Gasteiger partial charge in [0.2, 0.25) is 5.91 Å². The van der Waals surface area contributed by atoms with Crippen LogP contribution in [0.1, 0.15) is 83.6 Å². The molecule has 0 radical (unpaired) electrons. The van der Waals surface area contributed by atoms with Gasteiger partial charge in [-0.1, -0.05) is 31.6 Å². The van der Waals surface area contributed by atoms with Crippen molar-refractivity contribution < 1.29 is 24.2 Å². The number of aromatic hydroxyl groups is 1. The van der Waals surface area contributed by atoms with Gasteiger partial charge in [0.05, 0.1) is 6.42 Å². The highest BCUT2D eigenvalue weighted by Crippen LogP contribution is 2.65. The van der Waals surface area contributed by atoms with Crippen LogP contribution in [0.4, 0.5) is 0 Å². The summed E-state index contributed by atoms with van der Waals surface area (Å²) in [5, 5.41) is 12.2. The first kappa shape index (κ1) is 26.0. The molecular weight excluding hydrogens is 466 g/mol. The molecule has 2 N–H and O–H groups in total. The number of rotatable bonds is 7. The lowest BCUT2D eigenvalue weighted by Gasteiger charge is -2.57. The van der Waals surface area contributed by atoms with E-state index in [0.717, 1.165) is 50.5 Å². The Morgan fingerprint density at radius 2 is 1.78 bits per heavy atom. The molecule has 200 valence electrons. The molecule has 6 atom stereocenters. The van der Waals surface area contributed by atoms with E-state index in [4.69, 9.17) is 4.74 Å². The quantitative estimate of drug-likeness (QED) is 0.490. The molecule has 6 heteroatoms. The molecule has 5 rings (SSSR count). The molecule has 1 aromatic rings. The van der Waals surface area contributed by atoms with E-state index >= 15 is 0 Å². The zero-order chi connectivity index (χ0) is 26.2. The number of carbonyl (C=O) groups excluding carboxylic acids is 3. The lowest BCUT2D eigenvalue weighted by Crippen LogP contribution is -2.51. The van der Waals surface area contributed by atoms with Gasteiger partial charge in [-0.3, -0.25) is 14.4 Å². The molecule has 0 spiro atoms. The van der Waals surface area contributed by atoms with Crippen LogP contribution < -0.4 is 5.32 Å². The molecule has 1 aromatic carbocycles. The predicted molar refractivity (Wildman–Crippen MR) is 141 cm³/mol. The number of nitrogens with one attached hydrogen (secondary N) is 1. The Labute approximate surface area is 220 Å². The third kappa shape index (κ3) is 5.08. The maximum atomic E-state index is 12.7. The minimum atomic E-state index is -0.269. The van der Waals surface area contributed by atoms with Gasteiger partial charge in [-0.2, -0.15) is 0 Å². The van der Waals surface area contributed by atoms with Crippen LogP contribution in [-0.2, 0) is 25.5 Å². The van der Waals surface area contributed by atoms with Crippen LogP contribution >= 0.6 is 0 Å². The van der Waals surface area contributed by atoms with Crippen molar-refractivity contribution in [2.45, 2.75) is 90.6 Å². The number of benzene rings is 1. The highest BCUT2D eigenvalue weighted by atomic mass is 16.5. The Morgan fingerprint density at radius 1 is 1.00 bits per heavy atom. The zero-order valence-electron chi connectivity index (χ0n) is 22.3. The molecule has 3 saturated carbocycles. The van der Waals surface area contributed by atoms with E-state index < -0.39 is 0 Å². The van der Waals surface area contributed by atoms with Gasteiger partial charge >= 0.3 is 5.97 Å². The number of hydrogen-bond acceptors (Lipinski definition) is 5. The lowest BCUT2D eigenvalue weighted by atomic mass is 9.47. The van der Waals surface area contributed by atoms with E-state index in [-0.39, 0.29) is 47.4 Å². The minimum absolute atomic E-state index is 0.00523. The topological polar surface area (TPSA) is 92.7 Å². The van der Waals surface area contributed by atoms with Crippen molar-refractivity contribution >= 4 is 17.7 Å². The number of ketones is 1. The summed E-state index contributed by atoms with van der Waals surface area (Å²) in [5.41, 5.74) is 2.58.